The summed E-state index contributed by atoms with van der Waals surface area (Å²) in [5, 5.41) is 3.33. The fourth-order valence-electron chi connectivity index (χ4n) is 2.03. The van der Waals surface area contributed by atoms with Crippen LogP contribution in [0.15, 0.2) is 18.5 Å². The molecular formula is C12H17FN2. The number of hydrogen-bond acceptors (Lipinski definition) is 2. The van der Waals surface area contributed by atoms with Crippen LogP contribution in [0.25, 0.3) is 0 Å². The van der Waals surface area contributed by atoms with E-state index in [1.165, 1.54) is 19.0 Å². The molecule has 0 bridgehead atoms. The molecule has 3 heteroatoms. The van der Waals surface area contributed by atoms with Crippen LogP contribution in [0.1, 0.15) is 24.8 Å². The van der Waals surface area contributed by atoms with Gasteiger partial charge in [-0.1, -0.05) is 0 Å². The number of rotatable bonds is 5. The predicted molar refractivity (Wildman–Crippen MR) is 58.1 cm³/mol. The number of aromatic nitrogens is 1. The third-order valence-corrected chi connectivity index (χ3v) is 3.07. The van der Waals surface area contributed by atoms with E-state index in [9.17, 15) is 4.39 Å². The second-order valence-corrected chi connectivity index (χ2v) is 4.28. The first-order valence-corrected chi connectivity index (χ1v) is 5.56. The van der Waals surface area contributed by atoms with Gasteiger partial charge in [0.15, 0.2) is 0 Å². The SMILES string of the molecule is CNC(CCc1cncc(F)c1)C1CC1. The van der Waals surface area contributed by atoms with E-state index in [2.05, 4.69) is 10.3 Å². The normalized spacial score (nSPS) is 17.7. The average molecular weight is 208 g/mol. The maximum Gasteiger partial charge on any atom is 0.141 e. The third kappa shape index (κ3) is 2.99. The summed E-state index contributed by atoms with van der Waals surface area (Å²) < 4.78 is 12.9. The molecular weight excluding hydrogens is 191 g/mol. The molecule has 1 aliphatic rings. The lowest BCUT2D eigenvalue weighted by Crippen LogP contribution is -2.27. The van der Waals surface area contributed by atoms with Gasteiger partial charge in [0.25, 0.3) is 0 Å². The standard InChI is InChI=1S/C12H17FN2/c1-14-12(10-3-4-10)5-2-9-6-11(13)8-15-7-9/h6-8,10,12,14H,2-5H2,1H3. The molecule has 1 heterocycles. The zero-order chi connectivity index (χ0) is 10.7. The highest BCUT2D eigenvalue weighted by atomic mass is 19.1. The Bertz CT molecular complexity index is 323. The van der Waals surface area contributed by atoms with Crippen LogP contribution >= 0.6 is 0 Å². The van der Waals surface area contributed by atoms with Gasteiger partial charge < -0.3 is 5.32 Å². The Kier molecular flexibility index (Phi) is 3.31. The van der Waals surface area contributed by atoms with Gasteiger partial charge in [-0.05, 0) is 50.3 Å². The molecule has 0 spiro atoms. The van der Waals surface area contributed by atoms with E-state index in [1.807, 2.05) is 7.05 Å². The van der Waals surface area contributed by atoms with Gasteiger partial charge in [-0.25, -0.2) is 4.39 Å². The summed E-state index contributed by atoms with van der Waals surface area (Å²) in [6.45, 7) is 0. The Morgan fingerprint density at radius 1 is 1.53 bits per heavy atom. The van der Waals surface area contributed by atoms with Crippen LogP contribution in [0.4, 0.5) is 4.39 Å². The van der Waals surface area contributed by atoms with Crippen LogP contribution in [0.5, 0.6) is 0 Å². The maximum atomic E-state index is 12.9. The molecule has 1 N–H and O–H groups in total. The number of hydrogen-bond donors (Lipinski definition) is 1. The van der Waals surface area contributed by atoms with Gasteiger partial charge in [-0.3, -0.25) is 4.98 Å². The Morgan fingerprint density at radius 2 is 2.33 bits per heavy atom. The molecule has 1 aromatic heterocycles. The molecule has 0 aromatic carbocycles. The minimum Gasteiger partial charge on any atom is -0.317 e. The number of halogens is 1. The molecule has 1 saturated carbocycles. The molecule has 0 saturated heterocycles. The number of nitrogens with one attached hydrogen (secondary N) is 1. The molecule has 1 aromatic rings. The molecule has 15 heavy (non-hydrogen) atoms. The van der Waals surface area contributed by atoms with Gasteiger partial charge in [0.05, 0.1) is 6.20 Å². The van der Waals surface area contributed by atoms with Crippen molar-refractivity contribution in [1.29, 1.82) is 0 Å². The molecule has 2 nitrogen and oxygen atoms in total. The van der Waals surface area contributed by atoms with Gasteiger partial charge >= 0.3 is 0 Å². The fourth-order valence-corrected chi connectivity index (χ4v) is 2.03. The minimum absolute atomic E-state index is 0.236. The van der Waals surface area contributed by atoms with E-state index in [4.69, 9.17) is 0 Å². The highest BCUT2D eigenvalue weighted by molar-refractivity contribution is 5.10. The Balaban J connectivity index is 1.86. The first-order chi connectivity index (χ1) is 7.29. The summed E-state index contributed by atoms with van der Waals surface area (Å²) in [6.07, 6.45) is 7.67. The number of pyridine rings is 1. The summed E-state index contributed by atoms with van der Waals surface area (Å²) in [5.41, 5.74) is 0.996. The number of aryl methyl sites for hydroxylation is 1. The van der Waals surface area contributed by atoms with Crippen molar-refractivity contribution < 1.29 is 4.39 Å². The van der Waals surface area contributed by atoms with Crippen LogP contribution in [0.2, 0.25) is 0 Å². The zero-order valence-electron chi connectivity index (χ0n) is 9.04. The lowest BCUT2D eigenvalue weighted by Gasteiger charge is -2.14. The van der Waals surface area contributed by atoms with Crippen molar-refractivity contribution in [2.45, 2.75) is 31.7 Å². The van der Waals surface area contributed by atoms with E-state index < -0.39 is 0 Å². The fraction of sp³-hybridized carbons (Fsp3) is 0.583. The van der Waals surface area contributed by atoms with E-state index >= 15 is 0 Å². The van der Waals surface area contributed by atoms with E-state index in [-0.39, 0.29) is 5.82 Å². The summed E-state index contributed by atoms with van der Waals surface area (Å²) in [4.78, 5) is 3.85. The minimum atomic E-state index is -0.236. The first-order valence-electron chi connectivity index (χ1n) is 5.56. The summed E-state index contributed by atoms with van der Waals surface area (Å²) in [6, 6.07) is 2.17. The van der Waals surface area contributed by atoms with Crippen molar-refractivity contribution in [1.82, 2.24) is 10.3 Å². The van der Waals surface area contributed by atoms with Crippen LogP contribution < -0.4 is 5.32 Å². The molecule has 0 radical (unpaired) electrons. The topological polar surface area (TPSA) is 24.9 Å². The van der Waals surface area contributed by atoms with E-state index in [0.717, 1.165) is 24.3 Å². The molecule has 1 fully saturated rings. The van der Waals surface area contributed by atoms with Crippen molar-refractivity contribution >= 4 is 0 Å². The van der Waals surface area contributed by atoms with Crippen molar-refractivity contribution in [3.63, 3.8) is 0 Å². The second-order valence-electron chi connectivity index (χ2n) is 4.28. The van der Waals surface area contributed by atoms with Crippen molar-refractivity contribution in [3.8, 4) is 0 Å². The molecule has 1 aliphatic carbocycles. The molecule has 0 amide bonds. The van der Waals surface area contributed by atoms with Crippen LogP contribution in [0.3, 0.4) is 0 Å². The Hall–Kier alpha value is -0.960. The summed E-state index contributed by atoms with van der Waals surface area (Å²) in [5.74, 6) is 0.608. The highest BCUT2D eigenvalue weighted by Crippen LogP contribution is 2.34. The average Bonchev–Trinajstić information content (AvgIpc) is 3.03. The van der Waals surface area contributed by atoms with Gasteiger partial charge in [0.2, 0.25) is 0 Å². The van der Waals surface area contributed by atoms with Crippen molar-refractivity contribution in [2.24, 2.45) is 5.92 Å². The van der Waals surface area contributed by atoms with Crippen LogP contribution in [-0.2, 0) is 6.42 Å². The smallest absolute Gasteiger partial charge is 0.141 e. The van der Waals surface area contributed by atoms with Gasteiger partial charge in [0, 0.05) is 12.2 Å². The summed E-state index contributed by atoms with van der Waals surface area (Å²) >= 11 is 0. The van der Waals surface area contributed by atoms with Crippen LogP contribution in [-0.4, -0.2) is 18.1 Å². The highest BCUT2D eigenvalue weighted by Gasteiger charge is 2.29. The van der Waals surface area contributed by atoms with Gasteiger partial charge in [-0.15, -0.1) is 0 Å². The second kappa shape index (κ2) is 4.71. The lowest BCUT2D eigenvalue weighted by molar-refractivity contribution is 0.469. The largest absolute Gasteiger partial charge is 0.317 e. The van der Waals surface area contributed by atoms with E-state index in [0.29, 0.717) is 6.04 Å². The molecule has 1 atom stereocenters. The maximum absolute atomic E-state index is 12.9. The molecule has 0 aliphatic heterocycles. The quantitative estimate of drug-likeness (QED) is 0.802. The van der Waals surface area contributed by atoms with E-state index in [1.54, 1.807) is 12.3 Å². The number of nitrogens with zero attached hydrogens (tertiary/aromatic N) is 1. The molecule has 1 unspecified atom stereocenters. The third-order valence-electron chi connectivity index (χ3n) is 3.07. The van der Waals surface area contributed by atoms with Gasteiger partial charge in [0.1, 0.15) is 5.82 Å². The monoisotopic (exact) mass is 208 g/mol. The zero-order valence-corrected chi connectivity index (χ0v) is 9.04. The Labute approximate surface area is 89.9 Å². The van der Waals surface area contributed by atoms with Crippen molar-refractivity contribution in [2.75, 3.05) is 7.05 Å². The Morgan fingerprint density at radius 3 is 2.93 bits per heavy atom. The predicted octanol–water partition coefficient (Wildman–Crippen LogP) is 2.15. The van der Waals surface area contributed by atoms with Crippen LogP contribution in [0, 0.1) is 11.7 Å². The van der Waals surface area contributed by atoms with Crippen molar-refractivity contribution in [3.05, 3.63) is 29.8 Å². The van der Waals surface area contributed by atoms with Gasteiger partial charge in [-0.2, -0.15) is 0 Å². The summed E-state index contributed by atoms with van der Waals surface area (Å²) in [7, 11) is 2.01. The first kappa shape index (κ1) is 10.6. The molecule has 2 rings (SSSR count). The molecule has 82 valence electrons. The lowest BCUT2D eigenvalue weighted by atomic mass is 10.0.